The van der Waals surface area contributed by atoms with Crippen molar-refractivity contribution in [3.8, 4) is 0 Å². The first-order valence-corrected chi connectivity index (χ1v) is 5.83. The largest absolute Gasteiger partial charge is 0.478 e. The van der Waals surface area contributed by atoms with Gasteiger partial charge in [-0.05, 0) is 12.1 Å². The highest BCUT2D eigenvalue weighted by Gasteiger charge is 2.30. The molecule has 0 aromatic carbocycles. The molecule has 7 heteroatoms. The van der Waals surface area contributed by atoms with Gasteiger partial charge in [0.2, 0.25) is 0 Å². The van der Waals surface area contributed by atoms with E-state index < -0.39 is 17.9 Å². The van der Waals surface area contributed by atoms with Crippen molar-refractivity contribution in [3.05, 3.63) is 29.6 Å². The van der Waals surface area contributed by atoms with Crippen LogP contribution in [0.4, 0.5) is 0 Å². The number of carboxylic acid groups (broad SMARTS) is 1. The van der Waals surface area contributed by atoms with Crippen LogP contribution in [0.25, 0.3) is 0 Å². The van der Waals surface area contributed by atoms with Crippen LogP contribution >= 0.6 is 0 Å². The topological polar surface area (TPSA) is 100.0 Å². The molecule has 2 N–H and O–H groups in total. The molecule has 1 aromatic heterocycles. The molecule has 1 unspecified atom stereocenters. The molecule has 102 valence electrons. The number of morpholine rings is 1. The molecule has 0 bridgehead atoms. The van der Waals surface area contributed by atoms with Gasteiger partial charge in [0.25, 0.3) is 5.91 Å². The molecule has 1 atom stereocenters. The van der Waals surface area contributed by atoms with Crippen LogP contribution in [0.3, 0.4) is 0 Å². The zero-order valence-electron chi connectivity index (χ0n) is 10.2. The minimum absolute atomic E-state index is 0.115. The number of aliphatic hydroxyl groups excluding tert-OH is 1. The van der Waals surface area contributed by atoms with Crippen LogP contribution in [0.15, 0.2) is 18.3 Å². The van der Waals surface area contributed by atoms with Gasteiger partial charge in [0.1, 0.15) is 5.69 Å². The number of carboxylic acids is 1. The molecule has 1 aliphatic rings. The summed E-state index contributed by atoms with van der Waals surface area (Å²) in [7, 11) is 0. The number of pyridine rings is 1. The summed E-state index contributed by atoms with van der Waals surface area (Å²) in [6.45, 7) is 0.662. The van der Waals surface area contributed by atoms with Gasteiger partial charge in [-0.1, -0.05) is 0 Å². The van der Waals surface area contributed by atoms with Crippen LogP contribution in [-0.2, 0) is 4.74 Å². The molecule has 0 radical (unpaired) electrons. The molecular formula is C12H14N2O5. The Labute approximate surface area is 109 Å². The number of carbonyl (C=O) groups excluding carboxylic acids is 1. The number of nitrogens with zero attached hydrogens (tertiary/aromatic N) is 2. The van der Waals surface area contributed by atoms with E-state index in [4.69, 9.17) is 9.84 Å². The Kier molecular flexibility index (Phi) is 4.08. The highest BCUT2D eigenvalue weighted by molar-refractivity contribution is 6.03. The number of ether oxygens (including phenoxy) is 1. The van der Waals surface area contributed by atoms with E-state index in [1.54, 1.807) is 0 Å². The van der Waals surface area contributed by atoms with Gasteiger partial charge in [-0.2, -0.15) is 0 Å². The summed E-state index contributed by atoms with van der Waals surface area (Å²) in [5, 5.41) is 18.3. The second kappa shape index (κ2) is 5.77. The van der Waals surface area contributed by atoms with Crippen LogP contribution in [0.5, 0.6) is 0 Å². The van der Waals surface area contributed by atoms with E-state index in [-0.39, 0.29) is 24.5 Å². The third-order valence-electron chi connectivity index (χ3n) is 2.94. The van der Waals surface area contributed by atoms with Crippen LogP contribution in [0, 0.1) is 0 Å². The van der Waals surface area contributed by atoms with Gasteiger partial charge < -0.3 is 19.8 Å². The van der Waals surface area contributed by atoms with Crippen LogP contribution in [-0.4, -0.2) is 64.4 Å². The summed E-state index contributed by atoms with van der Waals surface area (Å²) < 4.78 is 5.18. The van der Waals surface area contributed by atoms with Gasteiger partial charge in [0.05, 0.1) is 31.4 Å². The lowest BCUT2D eigenvalue weighted by atomic mass is 10.1. The van der Waals surface area contributed by atoms with Crippen molar-refractivity contribution in [2.75, 3.05) is 26.4 Å². The van der Waals surface area contributed by atoms with E-state index >= 15 is 0 Å². The minimum Gasteiger partial charge on any atom is -0.478 e. The van der Waals surface area contributed by atoms with Gasteiger partial charge in [-0.3, -0.25) is 9.78 Å². The SMILES string of the molecule is O=C(O)c1cccnc1C(=O)N1CCOCC1CO. The molecule has 2 rings (SSSR count). The van der Waals surface area contributed by atoms with Crippen molar-refractivity contribution < 1.29 is 24.5 Å². The summed E-state index contributed by atoms with van der Waals surface area (Å²) in [4.78, 5) is 28.7. The van der Waals surface area contributed by atoms with Crippen LogP contribution < -0.4 is 0 Å². The number of aliphatic hydroxyl groups is 1. The van der Waals surface area contributed by atoms with Crippen LogP contribution in [0.2, 0.25) is 0 Å². The van der Waals surface area contributed by atoms with E-state index in [9.17, 15) is 14.7 Å². The zero-order valence-corrected chi connectivity index (χ0v) is 10.2. The fourth-order valence-corrected chi connectivity index (χ4v) is 1.96. The predicted octanol–water partition coefficient (Wildman–Crippen LogP) is -0.387. The van der Waals surface area contributed by atoms with Crippen molar-refractivity contribution >= 4 is 11.9 Å². The average molecular weight is 266 g/mol. The minimum atomic E-state index is -1.20. The van der Waals surface area contributed by atoms with E-state index in [2.05, 4.69) is 4.98 Å². The normalized spacial score (nSPS) is 19.2. The summed E-state index contributed by atoms with van der Waals surface area (Å²) in [6.07, 6.45) is 1.37. The Morgan fingerprint density at radius 2 is 2.32 bits per heavy atom. The smallest absolute Gasteiger partial charge is 0.338 e. The lowest BCUT2D eigenvalue weighted by Crippen LogP contribution is -2.50. The van der Waals surface area contributed by atoms with E-state index in [1.165, 1.54) is 23.2 Å². The quantitative estimate of drug-likeness (QED) is 0.773. The van der Waals surface area contributed by atoms with Crippen molar-refractivity contribution in [2.24, 2.45) is 0 Å². The van der Waals surface area contributed by atoms with Gasteiger partial charge in [0.15, 0.2) is 0 Å². The number of amides is 1. The Bertz CT molecular complexity index is 491. The van der Waals surface area contributed by atoms with Gasteiger partial charge in [0, 0.05) is 12.7 Å². The third kappa shape index (κ3) is 2.72. The number of aromatic nitrogens is 1. The van der Waals surface area contributed by atoms with Gasteiger partial charge >= 0.3 is 5.97 Å². The monoisotopic (exact) mass is 266 g/mol. The van der Waals surface area contributed by atoms with Crippen molar-refractivity contribution in [1.29, 1.82) is 0 Å². The maximum atomic E-state index is 12.3. The maximum Gasteiger partial charge on any atom is 0.338 e. The fourth-order valence-electron chi connectivity index (χ4n) is 1.96. The lowest BCUT2D eigenvalue weighted by molar-refractivity contribution is -0.0187. The third-order valence-corrected chi connectivity index (χ3v) is 2.94. The molecular weight excluding hydrogens is 252 g/mol. The Balaban J connectivity index is 2.30. The van der Waals surface area contributed by atoms with Crippen LogP contribution in [0.1, 0.15) is 20.8 Å². The van der Waals surface area contributed by atoms with E-state index in [0.29, 0.717) is 13.2 Å². The second-order valence-electron chi connectivity index (χ2n) is 4.11. The van der Waals surface area contributed by atoms with Gasteiger partial charge in [-0.15, -0.1) is 0 Å². The number of hydrogen-bond donors (Lipinski definition) is 2. The molecule has 2 heterocycles. The Hall–Kier alpha value is -1.99. The lowest BCUT2D eigenvalue weighted by Gasteiger charge is -2.34. The predicted molar refractivity (Wildman–Crippen MR) is 63.9 cm³/mol. The number of aromatic carboxylic acids is 1. The highest BCUT2D eigenvalue weighted by atomic mass is 16.5. The highest BCUT2D eigenvalue weighted by Crippen LogP contribution is 2.14. The van der Waals surface area contributed by atoms with Crippen molar-refractivity contribution in [3.63, 3.8) is 0 Å². The molecule has 7 nitrogen and oxygen atoms in total. The number of hydrogen-bond acceptors (Lipinski definition) is 5. The Morgan fingerprint density at radius 1 is 1.53 bits per heavy atom. The van der Waals surface area contributed by atoms with E-state index in [0.717, 1.165) is 0 Å². The molecule has 0 aliphatic carbocycles. The summed E-state index contributed by atoms with van der Waals surface area (Å²) in [6, 6.07) is 2.32. The van der Waals surface area contributed by atoms with Gasteiger partial charge in [-0.25, -0.2) is 4.79 Å². The van der Waals surface area contributed by atoms with Crippen molar-refractivity contribution in [2.45, 2.75) is 6.04 Å². The average Bonchev–Trinajstić information content (AvgIpc) is 2.46. The molecule has 0 saturated carbocycles. The first kappa shape index (κ1) is 13.4. The first-order valence-electron chi connectivity index (χ1n) is 5.83. The molecule has 19 heavy (non-hydrogen) atoms. The standard InChI is InChI=1S/C12H14N2O5/c15-6-8-7-19-5-4-14(8)11(16)10-9(12(17)18)2-1-3-13-10/h1-3,8,15H,4-7H2,(H,17,18). The first-order chi connectivity index (χ1) is 9.15. The maximum absolute atomic E-state index is 12.3. The molecule has 1 saturated heterocycles. The Morgan fingerprint density at radius 3 is 3.00 bits per heavy atom. The molecule has 1 fully saturated rings. The summed E-state index contributed by atoms with van der Waals surface area (Å²) in [5.74, 6) is -1.70. The van der Waals surface area contributed by atoms with E-state index in [1.807, 2.05) is 0 Å². The molecule has 1 aromatic rings. The summed E-state index contributed by atoms with van der Waals surface area (Å²) >= 11 is 0. The van der Waals surface area contributed by atoms with Crippen molar-refractivity contribution in [1.82, 2.24) is 9.88 Å². The number of rotatable bonds is 3. The fraction of sp³-hybridized carbons (Fsp3) is 0.417. The number of carbonyl (C=O) groups is 2. The second-order valence-corrected chi connectivity index (χ2v) is 4.11. The molecule has 1 aliphatic heterocycles. The zero-order chi connectivity index (χ0) is 13.8. The molecule has 1 amide bonds. The molecule has 0 spiro atoms. The summed E-state index contributed by atoms with van der Waals surface area (Å²) in [5.41, 5.74) is -0.258.